The van der Waals surface area contributed by atoms with Gasteiger partial charge in [0.1, 0.15) is 0 Å². The molecule has 1 saturated carbocycles. The predicted molar refractivity (Wildman–Crippen MR) is 67.0 cm³/mol. The topological polar surface area (TPSA) is 38.9 Å². The lowest BCUT2D eigenvalue weighted by molar-refractivity contribution is 0.255. The van der Waals surface area contributed by atoms with Gasteiger partial charge in [-0.05, 0) is 43.2 Å². The van der Waals surface area contributed by atoms with E-state index < -0.39 is 0 Å². The SMILES string of the molecule is Cc1ncccc1C(N)C1CCC(C)CC1. The first-order valence-corrected chi connectivity index (χ1v) is 6.35. The number of pyridine rings is 1. The highest BCUT2D eigenvalue weighted by Crippen LogP contribution is 2.35. The summed E-state index contributed by atoms with van der Waals surface area (Å²) in [5.41, 5.74) is 8.71. The first kappa shape index (κ1) is 11.6. The molecule has 88 valence electrons. The van der Waals surface area contributed by atoms with Gasteiger partial charge in [0.15, 0.2) is 0 Å². The molecule has 2 nitrogen and oxygen atoms in total. The quantitative estimate of drug-likeness (QED) is 0.827. The van der Waals surface area contributed by atoms with Crippen LogP contribution < -0.4 is 5.73 Å². The maximum absolute atomic E-state index is 6.38. The molecule has 0 amide bonds. The summed E-state index contributed by atoms with van der Waals surface area (Å²) in [5.74, 6) is 1.54. The van der Waals surface area contributed by atoms with E-state index in [1.165, 1.54) is 31.2 Å². The minimum absolute atomic E-state index is 0.182. The molecule has 1 aliphatic rings. The van der Waals surface area contributed by atoms with Gasteiger partial charge in [-0.25, -0.2) is 0 Å². The van der Waals surface area contributed by atoms with Crippen molar-refractivity contribution >= 4 is 0 Å². The Morgan fingerprint density at radius 1 is 1.31 bits per heavy atom. The number of aromatic nitrogens is 1. The molecule has 0 spiro atoms. The highest BCUT2D eigenvalue weighted by molar-refractivity contribution is 5.22. The van der Waals surface area contributed by atoms with Gasteiger partial charge >= 0.3 is 0 Å². The number of nitrogens with zero attached hydrogens (tertiary/aromatic N) is 1. The van der Waals surface area contributed by atoms with Crippen molar-refractivity contribution in [3.8, 4) is 0 Å². The minimum atomic E-state index is 0.182. The van der Waals surface area contributed by atoms with E-state index in [2.05, 4.69) is 24.9 Å². The van der Waals surface area contributed by atoms with Crippen LogP contribution in [0.1, 0.15) is 49.9 Å². The molecule has 0 aliphatic heterocycles. The van der Waals surface area contributed by atoms with Gasteiger partial charge < -0.3 is 5.73 Å². The zero-order valence-electron chi connectivity index (χ0n) is 10.3. The van der Waals surface area contributed by atoms with Crippen molar-refractivity contribution in [3.63, 3.8) is 0 Å². The van der Waals surface area contributed by atoms with Crippen LogP contribution in [-0.2, 0) is 0 Å². The van der Waals surface area contributed by atoms with E-state index in [4.69, 9.17) is 5.73 Å². The number of hydrogen-bond donors (Lipinski definition) is 1. The van der Waals surface area contributed by atoms with E-state index in [0.717, 1.165) is 11.6 Å². The van der Waals surface area contributed by atoms with Crippen LogP contribution in [0.4, 0.5) is 0 Å². The van der Waals surface area contributed by atoms with E-state index in [1.807, 2.05) is 12.3 Å². The third-order valence-electron chi connectivity index (χ3n) is 3.98. The summed E-state index contributed by atoms with van der Waals surface area (Å²) in [5, 5.41) is 0. The Bertz CT molecular complexity index is 340. The van der Waals surface area contributed by atoms with Crippen LogP contribution in [0.3, 0.4) is 0 Å². The van der Waals surface area contributed by atoms with Gasteiger partial charge in [0.25, 0.3) is 0 Å². The number of hydrogen-bond acceptors (Lipinski definition) is 2. The summed E-state index contributed by atoms with van der Waals surface area (Å²) in [4.78, 5) is 4.33. The lowest BCUT2D eigenvalue weighted by Gasteiger charge is -2.31. The summed E-state index contributed by atoms with van der Waals surface area (Å²) < 4.78 is 0. The van der Waals surface area contributed by atoms with Crippen LogP contribution in [-0.4, -0.2) is 4.98 Å². The van der Waals surface area contributed by atoms with Crippen LogP contribution in [0.15, 0.2) is 18.3 Å². The first-order chi connectivity index (χ1) is 7.68. The fraction of sp³-hybridized carbons (Fsp3) is 0.643. The van der Waals surface area contributed by atoms with E-state index in [9.17, 15) is 0 Å². The zero-order valence-corrected chi connectivity index (χ0v) is 10.3. The van der Waals surface area contributed by atoms with E-state index in [-0.39, 0.29) is 6.04 Å². The monoisotopic (exact) mass is 218 g/mol. The molecule has 1 aliphatic carbocycles. The molecule has 2 heteroatoms. The lowest BCUT2D eigenvalue weighted by atomic mass is 9.77. The van der Waals surface area contributed by atoms with E-state index in [0.29, 0.717) is 5.92 Å². The third kappa shape index (κ3) is 2.43. The van der Waals surface area contributed by atoms with Crippen LogP contribution in [0.25, 0.3) is 0 Å². The van der Waals surface area contributed by atoms with Crippen molar-refractivity contribution in [3.05, 3.63) is 29.6 Å². The normalized spacial score (nSPS) is 27.7. The maximum Gasteiger partial charge on any atom is 0.0420 e. The van der Waals surface area contributed by atoms with Crippen molar-refractivity contribution in [2.75, 3.05) is 0 Å². The number of nitrogens with two attached hydrogens (primary N) is 1. The Kier molecular flexibility index (Phi) is 3.59. The van der Waals surface area contributed by atoms with Gasteiger partial charge in [-0.3, -0.25) is 4.98 Å². The standard InChI is InChI=1S/C14H22N2/c1-10-5-7-12(8-6-10)14(15)13-4-3-9-16-11(13)2/h3-4,9-10,12,14H,5-8,15H2,1-2H3. The largest absolute Gasteiger partial charge is 0.324 e. The second-order valence-corrected chi connectivity index (χ2v) is 5.22. The predicted octanol–water partition coefficient (Wildman–Crippen LogP) is 3.22. The molecule has 1 unspecified atom stereocenters. The van der Waals surface area contributed by atoms with Crippen LogP contribution >= 0.6 is 0 Å². The Labute approximate surface area is 98.3 Å². The highest BCUT2D eigenvalue weighted by atomic mass is 14.7. The Balaban J connectivity index is 2.07. The molecule has 2 rings (SSSR count). The Hall–Kier alpha value is -0.890. The Morgan fingerprint density at radius 3 is 2.62 bits per heavy atom. The summed E-state index contributed by atoms with van der Waals surface area (Å²) >= 11 is 0. The smallest absolute Gasteiger partial charge is 0.0420 e. The van der Waals surface area contributed by atoms with Crippen molar-refractivity contribution in [1.82, 2.24) is 4.98 Å². The molecular formula is C14H22N2. The lowest BCUT2D eigenvalue weighted by Crippen LogP contribution is -2.26. The summed E-state index contributed by atoms with van der Waals surface area (Å²) in [6, 6.07) is 4.31. The second kappa shape index (κ2) is 4.96. The molecule has 1 aromatic rings. The molecule has 16 heavy (non-hydrogen) atoms. The van der Waals surface area contributed by atoms with E-state index >= 15 is 0 Å². The molecule has 1 atom stereocenters. The molecule has 2 N–H and O–H groups in total. The number of rotatable bonds is 2. The van der Waals surface area contributed by atoms with Crippen LogP contribution in [0.5, 0.6) is 0 Å². The van der Waals surface area contributed by atoms with Crippen molar-refractivity contribution < 1.29 is 0 Å². The molecule has 0 saturated heterocycles. The maximum atomic E-state index is 6.38. The van der Waals surface area contributed by atoms with Gasteiger partial charge in [-0.1, -0.05) is 25.8 Å². The molecule has 0 aromatic carbocycles. The highest BCUT2D eigenvalue weighted by Gasteiger charge is 2.25. The van der Waals surface area contributed by atoms with Gasteiger partial charge in [0.05, 0.1) is 0 Å². The van der Waals surface area contributed by atoms with Crippen molar-refractivity contribution in [1.29, 1.82) is 0 Å². The van der Waals surface area contributed by atoms with Gasteiger partial charge in [0.2, 0.25) is 0 Å². The summed E-state index contributed by atoms with van der Waals surface area (Å²) in [6.45, 7) is 4.40. The summed E-state index contributed by atoms with van der Waals surface area (Å²) in [6.07, 6.45) is 7.05. The van der Waals surface area contributed by atoms with Crippen LogP contribution in [0.2, 0.25) is 0 Å². The Morgan fingerprint density at radius 2 is 2.00 bits per heavy atom. The van der Waals surface area contributed by atoms with Gasteiger partial charge in [-0.15, -0.1) is 0 Å². The van der Waals surface area contributed by atoms with E-state index in [1.54, 1.807) is 0 Å². The van der Waals surface area contributed by atoms with Crippen molar-refractivity contribution in [2.45, 2.75) is 45.6 Å². The average molecular weight is 218 g/mol. The van der Waals surface area contributed by atoms with Gasteiger partial charge in [-0.2, -0.15) is 0 Å². The van der Waals surface area contributed by atoms with Crippen molar-refractivity contribution in [2.24, 2.45) is 17.6 Å². The fourth-order valence-corrected chi connectivity index (χ4v) is 2.75. The zero-order chi connectivity index (χ0) is 11.5. The summed E-state index contributed by atoms with van der Waals surface area (Å²) in [7, 11) is 0. The molecule has 1 fully saturated rings. The molecule has 1 aromatic heterocycles. The van der Waals surface area contributed by atoms with Gasteiger partial charge in [0, 0.05) is 17.9 Å². The molecule has 1 heterocycles. The minimum Gasteiger partial charge on any atom is -0.324 e. The molecule has 0 radical (unpaired) electrons. The van der Waals surface area contributed by atoms with Crippen LogP contribution in [0, 0.1) is 18.8 Å². The number of aryl methyl sites for hydroxylation is 1. The first-order valence-electron chi connectivity index (χ1n) is 6.35. The fourth-order valence-electron chi connectivity index (χ4n) is 2.75. The second-order valence-electron chi connectivity index (χ2n) is 5.22. The molecular weight excluding hydrogens is 196 g/mol. The third-order valence-corrected chi connectivity index (χ3v) is 3.98. The molecule has 0 bridgehead atoms. The average Bonchev–Trinajstić information content (AvgIpc) is 2.30.